The zero-order valence-electron chi connectivity index (χ0n) is 9.98. The molecule has 2 rings (SSSR count). The van der Waals surface area contributed by atoms with Crippen LogP contribution in [0.4, 0.5) is 6.01 Å². The zero-order valence-corrected chi connectivity index (χ0v) is 10.7. The molecule has 0 spiro atoms. The largest absolute Gasteiger partial charge is 0.432 e. The van der Waals surface area contributed by atoms with Gasteiger partial charge in [-0.1, -0.05) is 0 Å². The third kappa shape index (κ3) is 2.18. The van der Waals surface area contributed by atoms with Crippen LogP contribution in [-0.4, -0.2) is 42.1 Å². The molecule has 2 atom stereocenters. The predicted molar refractivity (Wildman–Crippen MR) is 65.0 cm³/mol. The van der Waals surface area contributed by atoms with E-state index < -0.39 is 0 Å². The van der Waals surface area contributed by atoms with Crippen molar-refractivity contribution in [2.24, 2.45) is 0 Å². The van der Waals surface area contributed by atoms with Crippen LogP contribution < -0.4 is 4.90 Å². The van der Waals surface area contributed by atoms with Gasteiger partial charge >= 0.3 is 0 Å². The van der Waals surface area contributed by atoms with E-state index in [-0.39, 0.29) is 0 Å². The van der Waals surface area contributed by atoms with Crippen molar-refractivity contribution in [3.8, 4) is 0 Å². The van der Waals surface area contributed by atoms with Crippen LogP contribution in [0.15, 0.2) is 10.7 Å². The van der Waals surface area contributed by atoms with Gasteiger partial charge in [-0.05, 0) is 20.9 Å². The molecular weight excluding hydrogens is 226 g/mol. The van der Waals surface area contributed by atoms with E-state index in [2.05, 4.69) is 35.7 Å². The first-order chi connectivity index (χ1) is 7.61. The van der Waals surface area contributed by atoms with Crippen LogP contribution in [0.5, 0.6) is 0 Å². The van der Waals surface area contributed by atoms with Gasteiger partial charge in [-0.3, -0.25) is 4.90 Å². The molecule has 0 aromatic carbocycles. The van der Waals surface area contributed by atoms with Crippen LogP contribution >= 0.6 is 11.6 Å². The standard InChI is InChI=1S/C11H18ClN3O/c1-8-5-15(6-9(2)14(8)3)11-13-10(4-12)7-16-11/h7-9H,4-6H2,1-3H3. The number of rotatable bonds is 2. The summed E-state index contributed by atoms with van der Waals surface area (Å²) in [7, 11) is 2.16. The molecule has 1 aliphatic rings. The molecule has 1 fully saturated rings. The lowest BCUT2D eigenvalue weighted by molar-refractivity contribution is 0.166. The number of hydrogen-bond donors (Lipinski definition) is 0. The lowest BCUT2D eigenvalue weighted by atomic mass is 10.1. The van der Waals surface area contributed by atoms with Crippen molar-refractivity contribution in [2.75, 3.05) is 25.0 Å². The molecule has 0 amide bonds. The predicted octanol–water partition coefficient (Wildman–Crippen LogP) is 1.94. The normalized spacial score (nSPS) is 27.4. The number of nitrogens with zero attached hydrogens (tertiary/aromatic N) is 3. The number of alkyl halides is 1. The summed E-state index contributed by atoms with van der Waals surface area (Å²) in [6, 6.07) is 1.72. The average Bonchev–Trinajstić information content (AvgIpc) is 2.73. The number of aromatic nitrogens is 1. The van der Waals surface area contributed by atoms with E-state index in [0.29, 0.717) is 24.0 Å². The SMILES string of the molecule is CC1CN(c2nc(CCl)co2)CC(C)N1C. The summed E-state index contributed by atoms with van der Waals surface area (Å²) in [4.78, 5) is 8.92. The summed E-state index contributed by atoms with van der Waals surface area (Å²) in [5, 5.41) is 0. The van der Waals surface area contributed by atoms with Gasteiger partial charge in [-0.15, -0.1) is 11.6 Å². The highest BCUT2D eigenvalue weighted by Crippen LogP contribution is 2.21. The molecule has 4 nitrogen and oxygen atoms in total. The highest BCUT2D eigenvalue weighted by molar-refractivity contribution is 6.16. The fourth-order valence-electron chi connectivity index (χ4n) is 2.06. The van der Waals surface area contributed by atoms with Crippen molar-refractivity contribution in [2.45, 2.75) is 31.8 Å². The number of piperazine rings is 1. The molecule has 0 bridgehead atoms. The van der Waals surface area contributed by atoms with Gasteiger partial charge in [-0.25, -0.2) is 0 Å². The maximum absolute atomic E-state index is 5.71. The van der Waals surface area contributed by atoms with Gasteiger partial charge in [0.05, 0.1) is 11.6 Å². The first-order valence-corrected chi connectivity index (χ1v) is 6.12. The number of hydrogen-bond acceptors (Lipinski definition) is 4. The van der Waals surface area contributed by atoms with Gasteiger partial charge in [0.2, 0.25) is 0 Å². The number of halogens is 1. The molecule has 0 saturated carbocycles. The Morgan fingerprint density at radius 1 is 1.44 bits per heavy atom. The average molecular weight is 244 g/mol. The first-order valence-electron chi connectivity index (χ1n) is 5.59. The Bertz CT molecular complexity index is 343. The molecule has 2 unspecified atom stereocenters. The van der Waals surface area contributed by atoms with Crippen LogP contribution in [0.25, 0.3) is 0 Å². The quantitative estimate of drug-likeness (QED) is 0.744. The van der Waals surface area contributed by atoms with Gasteiger partial charge in [0.1, 0.15) is 6.26 Å². The van der Waals surface area contributed by atoms with Gasteiger partial charge in [-0.2, -0.15) is 4.98 Å². The Morgan fingerprint density at radius 2 is 2.06 bits per heavy atom. The molecule has 1 saturated heterocycles. The topological polar surface area (TPSA) is 32.5 Å². The minimum atomic E-state index is 0.405. The second kappa shape index (κ2) is 4.63. The lowest BCUT2D eigenvalue weighted by Gasteiger charge is -2.41. The summed E-state index contributed by atoms with van der Waals surface area (Å²) in [5.41, 5.74) is 0.802. The van der Waals surface area contributed by atoms with E-state index in [1.165, 1.54) is 0 Å². The maximum atomic E-state index is 5.71. The molecule has 16 heavy (non-hydrogen) atoms. The molecule has 0 radical (unpaired) electrons. The third-order valence-corrected chi connectivity index (χ3v) is 3.58. The molecular formula is C11H18ClN3O. The monoisotopic (exact) mass is 243 g/mol. The third-order valence-electron chi connectivity index (χ3n) is 3.31. The summed E-state index contributed by atoms with van der Waals surface area (Å²) < 4.78 is 5.44. The fraction of sp³-hybridized carbons (Fsp3) is 0.727. The molecule has 1 aliphatic heterocycles. The van der Waals surface area contributed by atoms with E-state index in [9.17, 15) is 0 Å². The van der Waals surface area contributed by atoms with E-state index in [0.717, 1.165) is 18.8 Å². The molecule has 1 aromatic rings. The Hall–Kier alpha value is -0.740. The second-order valence-electron chi connectivity index (χ2n) is 4.52. The molecule has 5 heteroatoms. The summed E-state index contributed by atoms with van der Waals surface area (Å²) >= 11 is 5.71. The van der Waals surface area contributed by atoms with Crippen molar-refractivity contribution < 1.29 is 4.42 Å². The van der Waals surface area contributed by atoms with E-state index in [4.69, 9.17) is 16.0 Å². The van der Waals surface area contributed by atoms with Crippen molar-refractivity contribution in [1.29, 1.82) is 0 Å². The van der Waals surface area contributed by atoms with E-state index >= 15 is 0 Å². The molecule has 0 N–H and O–H groups in total. The number of anilines is 1. The number of likely N-dealkylation sites (N-methyl/N-ethyl adjacent to an activating group) is 1. The Balaban J connectivity index is 2.10. The van der Waals surface area contributed by atoms with Crippen molar-refractivity contribution in [1.82, 2.24) is 9.88 Å². The van der Waals surface area contributed by atoms with Crippen molar-refractivity contribution >= 4 is 17.6 Å². The van der Waals surface area contributed by atoms with Gasteiger partial charge < -0.3 is 9.32 Å². The molecule has 2 heterocycles. The van der Waals surface area contributed by atoms with Crippen LogP contribution in [0, 0.1) is 0 Å². The van der Waals surface area contributed by atoms with Crippen LogP contribution in [-0.2, 0) is 5.88 Å². The minimum Gasteiger partial charge on any atom is -0.432 e. The fourth-order valence-corrected chi connectivity index (χ4v) is 2.19. The summed E-state index contributed by atoms with van der Waals surface area (Å²) in [6.07, 6.45) is 1.63. The van der Waals surface area contributed by atoms with Crippen LogP contribution in [0.3, 0.4) is 0 Å². The second-order valence-corrected chi connectivity index (χ2v) is 4.79. The lowest BCUT2D eigenvalue weighted by Crippen LogP contribution is -2.55. The summed E-state index contributed by atoms with van der Waals surface area (Å²) in [6.45, 7) is 6.33. The van der Waals surface area contributed by atoms with Crippen molar-refractivity contribution in [3.05, 3.63) is 12.0 Å². The van der Waals surface area contributed by atoms with Crippen LogP contribution in [0.2, 0.25) is 0 Å². The first kappa shape index (κ1) is 11.7. The molecule has 0 aliphatic carbocycles. The van der Waals surface area contributed by atoms with Crippen LogP contribution in [0.1, 0.15) is 19.5 Å². The summed E-state index contributed by atoms with van der Waals surface area (Å²) in [5.74, 6) is 0.405. The molecule has 90 valence electrons. The number of oxazole rings is 1. The van der Waals surface area contributed by atoms with Gasteiger partial charge in [0, 0.05) is 25.2 Å². The highest BCUT2D eigenvalue weighted by atomic mass is 35.5. The smallest absolute Gasteiger partial charge is 0.297 e. The van der Waals surface area contributed by atoms with E-state index in [1.807, 2.05) is 0 Å². The molecule has 1 aromatic heterocycles. The van der Waals surface area contributed by atoms with Gasteiger partial charge in [0.25, 0.3) is 6.01 Å². The Kier molecular flexibility index (Phi) is 3.40. The Labute approximate surface area is 101 Å². The zero-order chi connectivity index (χ0) is 11.7. The maximum Gasteiger partial charge on any atom is 0.297 e. The Morgan fingerprint density at radius 3 is 2.56 bits per heavy atom. The minimum absolute atomic E-state index is 0.405. The van der Waals surface area contributed by atoms with E-state index in [1.54, 1.807) is 6.26 Å². The van der Waals surface area contributed by atoms with Crippen molar-refractivity contribution in [3.63, 3.8) is 0 Å². The van der Waals surface area contributed by atoms with Gasteiger partial charge in [0.15, 0.2) is 0 Å². The highest BCUT2D eigenvalue weighted by Gasteiger charge is 2.28.